The number of carboxylic acids is 1. The second-order valence-corrected chi connectivity index (χ2v) is 17.2. The monoisotopic (exact) mass is 866 g/mol. The minimum atomic E-state index is -1.58. The van der Waals surface area contributed by atoms with E-state index in [9.17, 15) is 19.8 Å². The minimum absolute atomic E-state index is 0.168. The molecule has 354 valence electrons. The highest BCUT2D eigenvalue weighted by Crippen LogP contribution is 2.15. The molecular weight excluding hydrogens is 775 g/mol. The number of nitrogens with zero attached hydrogens (tertiary/aromatic N) is 1. The fourth-order valence-electron chi connectivity index (χ4n) is 6.31. The summed E-state index contributed by atoms with van der Waals surface area (Å²) in [6.45, 7) is 2.34. The van der Waals surface area contributed by atoms with Crippen LogP contribution in [0.4, 0.5) is 0 Å². The van der Waals surface area contributed by atoms with Crippen LogP contribution in [0.3, 0.4) is 0 Å². The van der Waals surface area contributed by atoms with Gasteiger partial charge in [-0.1, -0.05) is 194 Å². The molecule has 0 aliphatic heterocycles. The van der Waals surface area contributed by atoms with Gasteiger partial charge in [-0.2, -0.15) is 0 Å². The number of quaternary nitrogens is 1. The minimum Gasteiger partial charge on any atom is -0.545 e. The zero-order valence-corrected chi connectivity index (χ0v) is 39.9. The number of allylic oxidation sites excluding steroid dienone is 16. The van der Waals surface area contributed by atoms with Gasteiger partial charge in [-0.15, -0.1) is 0 Å². The fourth-order valence-corrected chi connectivity index (χ4v) is 6.31. The lowest BCUT2D eigenvalue weighted by atomic mass is 10.0. The third-order valence-electron chi connectivity index (χ3n) is 10.1. The Kier molecular flexibility index (Phi) is 43.3. The highest BCUT2D eigenvalue weighted by atomic mass is 16.7. The van der Waals surface area contributed by atoms with Crippen molar-refractivity contribution in [2.24, 2.45) is 0 Å². The third-order valence-corrected chi connectivity index (χ3v) is 10.1. The van der Waals surface area contributed by atoms with E-state index in [0.29, 0.717) is 17.4 Å². The van der Waals surface area contributed by atoms with Crippen LogP contribution >= 0.6 is 0 Å². The molecule has 62 heavy (non-hydrogen) atoms. The SMILES string of the molecule is CC/C=C\C/C=C\C/C=C\C/C=C\C/C=C\C/C=C\C/C=C\C/C=C\CCCCCCCCCCCCCCCCCCC(=O)OCC(O)COC(OCC[N+](C)(C)C)C(=O)[O-]. The first-order valence-corrected chi connectivity index (χ1v) is 24.4. The van der Waals surface area contributed by atoms with Crippen LogP contribution in [0.2, 0.25) is 0 Å². The number of carbonyl (C=O) groups is 2. The van der Waals surface area contributed by atoms with Crippen molar-refractivity contribution in [2.45, 2.75) is 186 Å². The van der Waals surface area contributed by atoms with Crippen molar-refractivity contribution in [2.75, 3.05) is 47.5 Å². The van der Waals surface area contributed by atoms with Gasteiger partial charge < -0.3 is 33.7 Å². The molecule has 2 unspecified atom stereocenters. The van der Waals surface area contributed by atoms with Gasteiger partial charge in [0, 0.05) is 6.42 Å². The topological polar surface area (TPSA) is 105 Å². The van der Waals surface area contributed by atoms with Crippen molar-refractivity contribution < 1.29 is 38.5 Å². The number of carboxylic acid groups (broad SMARTS) is 1. The van der Waals surface area contributed by atoms with E-state index >= 15 is 0 Å². The Morgan fingerprint density at radius 3 is 1.23 bits per heavy atom. The van der Waals surface area contributed by atoms with E-state index in [4.69, 9.17) is 14.2 Å². The number of carbonyl (C=O) groups excluding carboxylic acids is 2. The molecule has 0 fully saturated rings. The molecule has 8 nitrogen and oxygen atoms in total. The summed E-state index contributed by atoms with van der Waals surface area (Å²) >= 11 is 0. The molecule has 8 heteroatoms. The summed E-state index contributed by atoms with van der Waals surface area (Å²) in [5.74, 6) is -1.87. The van der Waals surface area contributed by atoms with E-state index in [2.05, 4.69) is 104 Å². The van der Waals surface area contributed by atoms with Gasteiger partial charge in [0.05, 0.1) is 40.3 Å². The van der Waals surface area contributed by atoms with Gasteiger partial charge in [0.15, 0.2) is 6.29 Å². The average Bonchev–Trinajstić information content (AvgIpc) is 3.24. The molecule has 0 aromatic heterocycles. The molecule has 0 rings (SSSR count). The maximum Gasteiger partial charge on any atom is 0.305 e. The second kappa shape index (κ2) is 45.7. The van der Waals surface area contributed by atoms with Crippen LogP contribution < -0.4 is 5.11 Å². The van der Waals surface area contributed by atoms with E-state index in [0.717, 1.165) is 70.6 Å². The van der Waals surface area contributed by atoms with Gasteiger partial charge in [0.25, 0.3) is 0 Å². The molecule has 0 aliphatic rings. The number of ether oxygens (including phenoxy) is 3. The number of esters is 1. The van der Waals surface area contributed by atoms with Crippen LogP contribution in [0.1, 0.15) is 174 Å². The summed E-state index contributed by atoms with van der Waals surface area (Å²) in [7, 11) is 5.87. The number of likely N-dealkylation sites (N-methyl/N-ethyl adjacent to an activating group) is 1. The van der Waals surface area contributed by atoms with E-state index in [-0.39, 0.29) is 25.8 Å². The molecule has 0 amide bonds. The van der Waals surface area contributed by atoms with Crippen molar-refractivity contribution in [1.29, 1.82) is 0 Å². The van der Waals surface area contributed by atoms with Gasteiger partial charge >= 0.3 is 5.97 Å². The van der Waals surface area contributed by atoms with Crippen LogP contribution in [0.15, 0.2) is 97.2 Å². The molecule has 0 spiro atoms. The maximum absolute atomic E-state index is 12.0. The molecule has 0 saturated heterocycles. The molecule has 2 atom stereocenters. The maximum atomic E-state index is 12.0. The lowest BCUT2D eigenvalue weighted by molar-refractivity contribution is -0.870. The van der Waals surface area contributed by atoms with Crippen molar-refractivity contribution in [3.05, 3.63) is 97.2 Å². The summed E-state index contributed by atoms with van der Waals surface area (Å²) in [5.41, 5.74) is 0. The second-order valence-electron chi connectivity index (χ2n) is 17.2. The number of aliphatic carboxylic acids is 1. The normalized spacial score (nSPS) is 13.9. The summed E-state index contributed by atoms with van der Waals surface area (Å²) in [5, 5.41) is 21.2. The lowest BCUT2D eigenvalue weighted by Gasteiger charge is -2.26. The van der Waals surface area contributed by atoms with Crippen LogP contribution in [-0.4, -0.2) is 81.4 Å². The Bertz CT molecular complexity index is 1270. The lowest BCUT2D eigenvalue weighted by Crippen LogP contribution is -2.44. The van der Waals surface area contributed by atoms with Crippen molar-refractivity contribution >= 4 is 11.9 Å². The molecule has 1 N–H and O–H groups in total. The van der Waals surface area contributed by atoms with Gasteiger partial charge in [-0.05, 0) is 70.6 Å². The number of aliphatic hydroxyl groups excluding tert-OH is 1. The summed E-state index contributed by atoms with van der Waals surface area (Å²) in [4.78, 5) is 23.2. The van der Waals surface area contributed by atoms with E-state index in [1.807, 2.05) is 21.1 Å². The Labute approximate surface area is 380 Å². The van der Waals surface area contributed by atoms with E-state index in [1.165, 1.54) is 89.9 Å². The molecule has 0 aliphatic carbocycles. The molecule has 0 aromatic rings. The van der Waals surface area contributed by atoms with Crippen LogP contribution in [0.25, 0.3) is 0 Å². The Hall–Kier alpha value is -3.30. The van der Waals surface area contributed by atoms with Crippen LogP contribution in [0.5, 0.6) is 0 Å². The standard InChI is InChI=1S/C54H91NO7/c1-5-6-7-8-9-10-11-12-13-14-15-16-17-18-19-20-21-22-23-24-25-26-27-28-29-30-31-32-33-34-35-36-37-38-39-40-41-42-43-44-45-46-52(57)61-49-51(56)50-62-54(53(58)59)60-48-47-55(2,3)4/h6-7,9-10,12-13,15-16,18-19,21-22,24-25,27-28,51,54,56H,5,8,11,14,17,20,23,26,29-50H2,1-4H3/b7-6-,10-9-,13-12-,16-15-,19-18-,22-21-,25-24-,28-27-. The number of hydrogen-bond donors (Lipinski definition) is 1. The molecule has 0 aromatic carbocycles. The van der Waals surface area contributed by atoms with Crippen molar-refractivity contribution in [3.63, 3.8) is 0 Å². The van der Waals surface area contributed by atoms with E-state index in [1.54, 1.807) is 0 Å². The predicted octanol–water partition coefficient (Wildman–Crippen LogP) is 12.3. The predicted molar refractivity (Wildman–Crippen MR) is 259 cm³/mol. The Morgan fingerprint density at radius 2 is 0.855 bits per heavy atom. The average molecular weight is 866 g/mol. The van der Waals surface area contributed by atoms with Gasteiger partial charge in [0.1, 0.15) is 19.3 Å². The number of aliphatic hydroxyl groups is 1. The zero-order chi connectivity index (χ0) is 45.5. The third kappa shape index (κ3) is 47.7. The molecule has 0 radical (unpaired) electrons. The summed E-state index contributed by atoms with van der Waals surface area (Å²) in [6.07, 6.45) is 63.2. The quantitative estimate of drug-likeness (QED) is 0.0214. The van der Waals surface area contributed by atoms with Crippen molar-refractivity contribution in [1.82, 2.24) is 0 Å². The Balaban J connectivity index is 3.49. The Morgan fingerprint density at radius 1 is 0.500 bits per heavy atom. The summed E-state index contributed by atoms with van der Waals surface area (Å²) in [6, 6.07) is 0. The fraction of sp³-hybridized carbons (Fsp3) is 0.667. The summed E-state index contributed by atoms with van der Waals surface area (Å²) < 4.78 is 16.0. The van der Waals surface area contributed by atoms with Crippen LogP contribution in [-0.2, 0) is 23.8 Å². The largest absolute Gasteiger partial charge is 0.545 e. The zero-order valence-electron chi connectivity index (χ0n) is 39.9. The van der Waals surface area contributed by atoms with Gasteiger partial charge in [-0.3, -0.25) is 4.79 Å². The first kappa shape index (κ1) is 58.7. The van der Waals surface area contributed by atoms with Crippen molar-refractivity contribution in [3.8, 4) is 0 Å². The van der Waals surface area contributed by atoms with Gasteiger partial charge in [-0.25, -0.2) is 0 Å². The molecule has 0 heterocycles. The number of hydrogen-bond acceptors (Lipinski definition) is 7. The number of unbranched alkanes of at least 4 members (excludes halogenated alkanes) is 16. The highest BCUT2D eigenvalue weighted by molar-refractivity contribution is 5.69. The number of rotatable bonds is 44. The molecule has 0 saturated carbocycles. The first-order chi connectivity index (χ1) is 30.2. The highest BCUT2D eigenvalue weighted by Gasteiger charge is 2.17. The molecular formula is C54H91NO7. The van der Waals surface area contributed by atoms with Gasteiger partial charge in [0.2, 0.25) is 0 Å². The molecule has 0 bridgehead atoms. The smallest absolute Gasteiger partial charge is 0.305 e. The first-order valence-electron chi connectivity index (χ1n) is 24.4. The van der Waals surface area contributed by atoms with E-state index < -0.39 is 18.4 Å². The van der Waals surface area contributed by atoms with Crippen LogP contribution in [0, 0.1) is 0 Å².